The number of imide groups is 1. The van der Waals surface area contributed by atoms with Crippen LogP contribution >= 0.6 is 0 Å². The Morgan fingerprint density at radius 1 is 1.25 bits per heavy atom. The van der Waals surface area contributed by atoms with Crippen molar-refractivity contribution in [1.82, 2.24) is 10.2 Å². The van der Waals surface area contributed by atoms with Crippen molar-refractivity contribution < 1.29 is 29.0 Å². The molecule has 8 nitrogen and oxygen atoms in total. The van der Waals surface area contributed by atoms with E-state index in [1.54, 1.807) is 25.1 Å². The van der Waals surface area contributed by atoms with E-state index >= 15 is 0 Å². The van der Waals surface area contributed by atoms with Gasteiger partial charge in [0.05, 0.1) is 6.54 Å². The first kappa shape index (κ1) is 16.3. The Bertz CT molecular complexity index is 684. The van der Waals surface area contributed by atoms with Gasteiger partial charge in [-0.25, -0.2) is 0 Å². The van der Waals surface area contributed by atoms with Crippen LogP contribution < -0.4 is 14.8 Å². The van der Waals surface area contributed by atoms with Gasteiger partial charge >= 0.3 is 0 Å². The van der Waals surface area contributed by atoms with Gasteiger partial charge in [-0.05, 0) is 24.6 Å². The fourth-order valence-electron chi connectivity index (χ4n) is 2.60. The third-order valence-corrected chi connectivity index (χ3v) is 4.08. The molecule has 1 fully saturated rings. The molecule has 0 aromatic heterocycles. The Balaban J connectivity index is 1.59. The van der Waals surface area contributed by atoms with Gasteiger partial charge in [0.25, 0.3) is 0 Å². The van der Waals surface area contributed by atoms with Crippen LogP contribution in [0.25, 0.3) is 0 Å². The van der Waals surface area contributed by atoms with E-state index in [0.717, 1.165) is 4.90 Å². The summed E-state index contributed by atoms with van der Waals surface area (Å²) in [5.74, 6) is -0.0630. The van der Waals surface area contributed by atoms with E-state index in [2.05, 4.69) is 5.32 Å². The fourth-order valence-corrected chi connectivity index (χ4v) is 2.60. The first-order valence-corrected chi connectivity index (χ1v) is 7.59. The number of likely N-dealkylation sites (tertiary alicyclic amines) is 1. The molecular formula is C16H18N2O6. The zero-order valence-corrected chi connectivity index (χ0v) is 13.2. The zero-order valence-electron chi connectivity index (χ0n) is 13.2. The summed E-state index contributed by atoms with van der Waals surface area (Å²) in [5, 5.41) is 13.1. The van der Waals surface area contributed by atoms with Crippen molar-refractivity contribution in [3.05, 3.63) is 23.8 Å². The number of rotatable bonds is 5. The lowest BCUT2D eigenvalue weighted by Gasteiger charge is -2.25. The molecule has 3 rings (SSSR count). The van der Waals surface area contributed by atoms with Crippen molar-refractivity contribution in [2.24, 2.45) is 0 Å². The minimum Gasteiger partial charge on any atom is -0.454 e. The van der Waals surface area contributed by atoms with E-state index in [1.807, 2.05) is 0 Å². The predicted molar refractivity (Wildman–Crippen MR) is 81.1 cm³/mol. The van der Waals surface area contributed by atoms with Crippen LogP contribution in [0.2, 0.25) is 0 Å². The van der Waals surface area contributed by atoms with E-state index < -0.39 is 11.5 Å². The minimum absolute atomic E-state index is 0.0678. The number of ether oxygens (including phenoxy) is 2. The van der Waals surface area contributed by atoms with Gasteiger partial charge in [0.2, 0.25) is 24.5 Å². The van der Waals surface area contributed by atoms with E-state index in [4.69, 9.17) is 9.47 Å². The average molecular weight is 334 g/mol. The number of benzene rings is 1. The molecule has 0 spiro atoms. The first-order chi connectivity index (χ1) is 11.4. The van der Waals surface area contributed by atoms with Crippen LogP contribution in [-0.4, -0.2) is 47.6 Å². The van der Waals surface area contributed by atoms with Crippen molar-refractivity contribution in [1.29, 1.82) is 0 Å². The molecule has 1 saturated heterocycles. The molecule has 0 aliphatic carbocycles. The number of aliphatic hydroxyl groups is 1. The highest BCUT2D eigenvalue weighted by Crippen LogP contribution is 2.35. The van der Waals surface area contributed by atoms with Gasteiger partial charge in [-0.2, -0.15) is 0 Å². The van der Waals surface area contributed by atoms with Gasteiger partial charge in [0.1, 0.15) is 12.1 Å². The van der Waals surface area contributed by atoms with Crippen molar-refractivity contribution in [3.63, 3.8) is 0 Å². The molecule has 8 heteroatoms. The summed E-state index contributed by atoms with van der Waals surface area (Å²) in [4.78, 5) is 35.9. The SMILES string of the molecule is C[C@@](O)(CNC(=O)CN1C(=O)CCC1=O)c1ccc2c(c1)OCO2. The summed E-state index contributed by atoms with van der Waals surface area (Å²) in [5.41, 5.74) is -0.782. The Kier molecular flexibility index (Phi) is 4.15. The third-order valence-electron chi connectivity index (χ3n) is 4.08. The van der Waals surface area contributed by atoms with Crippen LogP contribution in [0.5, 0.6) is 11.5 Å². The Morgan fingerprint density at radius 3 is 2.62 bits per heavy atom. The summed E-state index contributed by atoms with van der Waals surface area (Å²) >= 11 is 0. The Hall–Kier alpha value is -2.61. The fraction of sp³-hybridized carbons (Fsp3) is 0.438. The van der Waals surface area contributed by atoms with Crippen LogP contribution in [0.1, 0.15) is 25.3 Å². The molecule has 1 aromatic carbocycles. The largest absolute Gasteiger partial charge is 0.454 e. The van der Waals surface area contributed by atoms with Gasteiger partial charge in [-0.1, -0.05) is 6.07 Å². The normalized spacial score (nSPS) is 18.7. The van der Waals surface area contributed by atoms with E-state index in [1.165, 1.54) is 0 Å². The number of hydrogen-bond acceptors (Lipinski definition) is 6. The molecule has 24 heavy (non-hydrogen) atoms. The second-order valence-corrected chi connectivity index (χ2v) is 5.99. The number of nitrogens with one attached hydrogen (secondary N) is 1. The van der Waals surface area contributed by atoms with Gasteiger partial charge in [-0.15, -0.1) is 0 Å². The minimum atomic E-state index is -1.34. The van der Waals surface area contributed by atoms with Crippen LogP contribution in [-0.2, 0) is 20.0 Å². The second-order valence-electron chi connectivity index (χ2n) is 5.99. The zero-order chi connectivity index (χ0) is 17.3. The quantitative estimate of drug-likeness (QED) is 0.728. The number of nitrogens with zero attached hydrogens (tertiary/aromatic N) is 1. The monoisotopic (exact) mass is 334 g/mol. The summed E-state index contributed by atoms with van der Waals surface area (Å²) < 4.78 is 10.5. The number of hydrogen-bond donors (Lipinski definition) is 2. The lowest BCUT2D eigenvalue weighted by Crippen LogP contribution is -2.44. The van der Waals surface area contributed by atoms with Crippen molar-refractivity contribution in [3.8, 4) is 11.5 Å². The standard InChI is InChI=1S/C16H18N2O6/c1-16(22,10-2-3-11-12(6-10)24-9-23-11)8-17-13(19)7-18-14(20)4-5-15(18)21/h2-3,6,22H,4-5,7-9H2,1H3,(H,17,19)/t16-/m1/s1. The highest BCUT2D eigenvalue weighted by molar-refractivity contribution is 6.04. The van der Waals surface area contributed by atoms with Crippen molar-refractivity contribution >= 4 is 17.7 Å². The molecule has 0 radical (unpaired) electrons. The Labute approximate surface area is 138 Å². The Morgan fingerprint density at radius 2 is 1.92 bits per heavy atom. The highest BCUT2D eigenvalue weighted by Gasteiger charge is 2.31. The summed E-state index contributed by atoms with van der Waals surface area (Å²) in [6.45, 7) is 1.29. The van der Waals surface area contributed by atoms with E-state index in [9.17, 15) is 19.5 Å². The third kappa shape index (κ3) is 3.18. The maximum Gasteiger partial charge on any atom is 0.240 e. The first-order valence-electron chi connectivity index (χ1n) is 7.59. The second kappa shape index (κ2) is 6.12. The molecule has 2 aliphatic heterocycles. The molecule has 2 N–H and O–H groups in total. The van der Waals surface area contributed by atoms with Crippen LogP contribution in [0.3, 0.4) is 0 Å². The molecule has 128 valence electrons. The molecule has 3 amide bonds. The molecule has 0 bridgehead atoms. The van der Waals surface area contributed by atoms with Crippen molar-refractivity contribution in [2.45, 2.75) is 25.4 Å². The summed E-state index contributed by atoms with van der Waals surface area (Å²) in [6, 6.07) is 5.03. The topological polar surface area (TPSA) is 105 Å². The molecule has 1 aromatic rings. The number of carbonyl (C=O) groups is 3. The maximum atomic E-state index is 11.9. The van der Waals surface area contributed by atoms with Gasteiger partial charge in [-0.3, -0.25) is 19.3 Å². The van der Waals surface area contributed by atoms with Crippen LogP contribution in [0.15, 0.2) is 18.2 Å². The highest BCUT2D eigenvalue weighted by atomic mass is 16.7. The molecule has 1 atom stereocenters. The molecule has 0 saturated carbocycles. The van der Waals surface area contributed by atoms with Crippen molar-refractivity contribution in [2.75, 3.05) is 19.9 Å². The molecule has 2 heterocycles. The van der Waals surface area contributed by atoms with Gasteiger partial charge in [0.15, 0.2) is 11.5 Å². The predicted octanol–water partition coefficient (Wildman–Crippen LogP) is -0.112. The maximum absolute atomic E-state index is 11.9. The molecule has 2 aliphatic rings. The number of fused-ring (bicyclic) bond motifs is 1. The van der Waals surface area contributed by atoms with Gasteiger partial charge < -0.3 is 19.9 Å². The smallest absolute Gasteiger partial charge is 0.240 e. The molecular weight excluding hydrogens is 316 g/mol. The summed E-state index contributed by atoms with van der Waals surface area (Å²) in [7, 11) is 0. The average Bonchev–Trinajstić information content (AvgIpc) is 3.14. The summed E-state index contributed by atoms with van der Waals surface area (Å²) in [6.07, 6.45) is 0.280. The van der Waals surface area contributed by atoms with Crippen LogP contribution in [0, 0.1) is 0 Å². The lowest BCUT2D eigenvalue weighted by atomic mass is 9.95. The van der Waals surface area contributed by atoms with Crippen LogP contribution in [0.4, 0.5) is 0 Å². The number of amides is 3. The van der Waals surface area contributed by atoms with E-state index in [0.29, 0.717) is 17.1 Å². The van der Waals surface area contributed by atoms with E-state index in [-0.39, 0.29) is 44.5 Å². The van der Waals surface area contributed by atoms with Gasteiger partial charge in [0, 0.05) is 12.8 Å². The molecule has 0 unspecified atom stereocenters. The number of carbonyl (C=O) groups excluding carboxylic acids is 3. The lowest BCUT2D eigenvalue weighted by molar-refractivity contribution is -0.142.